The molecule has 0 aliphatic heterocycles. The summed E-state index contributed by atoms with van der Waals surface area (Å²) in [6, 6.07) is 2.17. The molecule has 0 fully saturated rings. The van der Waals surface area contributed by atoms with E-state index in [1.807, 2.05) is 6.92 Å². The van der Waals surface area contributed by atoms with Gasteiger partial charge in [0.05, 0.1) is 0 Å². The minimum absolute atomic E-state index is 0.632. The Bertz CT molecular complexity index is 283. The maximum atomic E-state index is 3.04. The van der Waals surface area contributed by atoms with Crippen molar-refractivity contribution in [3.63, 3.8) is 0 Å². The van der Waals surface area contributed by atoms with Gasteiger partial charge in [-0.3, -0.25) is 0 Å². The SMILES string of the molecule is CC#Cc1csc(C(C)C)c1. The van der Waals surface area contributed by atoms with Gasteiger partial charge in [0.25, 0.3) is 0 Å². The second kappa shape index (κ2) is 3.59. The Morgan fingerprint density at radius 3 is 2.64 bits per heavy atom. The van der Waals surface area contributed by atoms with E-state index in [1.54, 1.807) is 11.3 Å². The number of hydrogen-bond acceptors (Lipinski definition) is 1. The van der Waals surface area contributed by atoms with Gasteiger partial charge in [-0.25, -0.2) is 0 Å². The molecule has 0 radical (unpaired) electrons. The van der Waals surface area contributed by atoms with Gasteiger partial charge in [0.15, 0.2) is 0 Å². The summed E-state index contributed by atoms with van der Waals surface area (Å²) in [7, 11) is 0. The van der Waals surface area contributed by atoms with Crippen molar-refractivity contribution in [1.29, 1.82) is 0 Å². The third kappa shape index (κ3) is 2.10. The largest absolute Gasteiger partial charge is 0.147 e. The third-order valence-corrected chi connectivity index (χ3v) is 2.69. The zero-order valence-corrected chi connectivity index (χ0v) is 7.96. The van der Waals surface area contributed by atoms with Crippen molar-refractivity contribution in [1.82, 2.24) is 0 Å². The average Bonchev–Trinajstić information content (AvgIpc) is 2.37. The highest BCUT2D eigenvalue weighted by Gasteiger charge is 2.00. The Hall–Kier alpha value is -0.740. The van der Waals surface area contributed by atoms with E-state index >= 15 is 0 Å². The monoisotopic (exact) mass is 164 g/mol. The van der Waals surface area contributed by atoms with Gasteiger partial charge in [0, 0.05) is 15.8 Å². The maximum Gasteiger partial charge on any atom is 0.0355 e. The molecular formula is C10H12S. The van der Waals surface area contributed by atoms with Crippen LogP contribution in [-0.4, -0.2) is 0 Å². The average molecular weight is 164 g/mol. The molecule has 0 amide bonds. The molecule has 1 heteroatoms. The predicted octanol–water partition coefficient (Wildman–Crippen LogP) is 3.24. The molecule has 0 aliphatic rings. The second-order valence-corrected chi connectivity index (χ2v) is 3.71. The molecule has 0 aliphatic carbocycles. The van der Waals surface area contributed by atoms with Crippen LogP contribution in [0.3, 0.4) is 0 Å². The van der Waals surface area contributed by atoms with E-state index < -0.39 is 0 Å². The molecule has 0 atom stereocenters. The lowest BCUT2D eigenvalue weighted by Gasteiger charge is -1.95. The van der Waals surface area contributed by atoms with Crippen molar-refractivity contribution < 1.29 is 0 Å². The van der Waals surface area contributed by atoms with E-state index in [0.29, 0.717) is 5.92 Å². The molecule has 0 spiro atoms. The quantitative estimate of drug-likeness (QED) is 0.559. The summed E-state index contributed by atoms with van der Waals surface area (Å²) in [5, 5.41) is 2.12. The standard InChI is InChI=1S/C10H12S/c1-4-5-9-6-10(8(2)3)11-7-9/h6-8H,1-3H3. The van der Waals surface area contributed by atoms with Crippen molar-refractivity contribution >= 4 is 11.3 Å². The summed E-state index contributed by atoms with van der Waals surface area (Å²) in [6.45, 7) is 6.27. The fraction of sp³-hybridized carbons (Fsp3) is 0.400. The van der Waals surface area contributed by atoms with Crippen LogP contribution < -0.4 is 0 Å². The Balaban J connectivity index is 2.87. The summed E-state index contributed by atoms with van der Waals surface area (Å²) in [4.78, 5) is 1.42. The van der Waals surface area contributed by atoms with E-state index in [9.17, 15) is 0 Å². The first-order chi connectivity index (χ1) is 5.24. The van der Waals surface area contributed by atoms with E-state index in [1.165, 1.54) is 4.88 Å². The first-order valence-electron chi connectivity index (χ1n) is 3.75. The van der Waals surface area contributed by atoms with E-state index in [0.717, 1.165) is 5.56 Å². The molecule has 11 heavy (non-hydrogen) atoms. The summed E-state index contributed by atoms with van der Waals surface area (Å²) in [5.74, 6) is 6.57. The Morgan fingerprint density at radius 2 is 2.18 bits per heavy atom. The minimum atomic E-state index is 0.632. The molecule has 1 heterocycles. The molecule has 58 valence electrons. The van der Waals surface area contributed by atoms with Crippen molar-refractivity contribution in [2.75, 3.05) is 0 Å². The molecule has 0 bridgehead atoms. The van der Waals surface area contributed by atoms with Gasteiger partial charge in [0.2, 0.25) is 0 Å². The van der Waals surface area contributed by atoms with Crippen LogP contribution in [0.2, 0.25) is 0 Å². The summed E-state index contributed by atoms with van der Waals surface area (Å²) >= 11 is 1.80. The van der Waals surface area contributed by atoms with Gasteiger partial charge >= 0.3 is 0 Å². The first kappa shape index (κ1) is 8.36. The van der Waals surface area contributed by atoms with Crippen LogP contribution in [0.1, 0.15) is 37.1 Å². The highest BCUT2D eigenvalue weighted by molar-refractivity contribution is 7.10. The van der Waals surface area contributed by atoms with Crippen LogP contribution in [0, 0.1) is 11.8 Å². The molecule has 0 unspecified atom stereocenters. The lowest BCUT2D eigenvalue weighted by Crippen LogP contribution is -1.78. The van der Waals surface area contributed by atoms with Gasteiger partial charge in [0.1, 0.15) is 0 Å². The molecule has 1 rings (SSSR count). The van der Waals surface area contributed by atoms with Gasteiger partial charge in [-0.05, 0) is 18.9 Å². The predicted molar refractivity (Wildman–Crippen MR) is 51.0 cm³/mol. The molecule has 0 saturated carbocycles. The zero-order chi connectivity index (χ0) is 8.27. The maximum absolute atomic E-state index is 3.04. The van der Waals surface area contributed by atoms with Gasteiger partial charge in [-0.15, -0.1) is 17.3 Å². The van der Waals surface area contributed by atoms with Crippen molar-refractivity contribution in [3.05, 3.63) is 21.9 Å². The fourth-order valence-electron chi connectivity index (χ4n) is 0.865. The van der Waals surface area contributed by atoms with Gasteiger partial charge < -0.3 is 0 Å². The van der Waals surface area contributed by atoms with E-state index in [-0.39, 0.29) is 0 Å². The third-order valence-electron chi connectivity index (χ3n) is 1.46. The highest BCUT2D eigenvalue weighted by atomic mass is 32.1. The van der Waals surface area contributed by atoms with Crippen LogP contribution in [0.15, 0.2) is 11.4 Å². The number of thiophene rings is 1. The Kier molecular flexibility index (Phi) is 2.73. The lowest BCUT2D eigenvalue weighted by molar-refractivity contribution is 0.889. The molecular weight excluding hydrogens is 152 g/mol. The second-order valence-electron chi connectivity index (χ2n) is 2.77. The van der Waals surface area contributed by atoms with Crippen molar-refractivity contribution in [2.45, 2.75) is 26.7 Å². The molecule has 0 aromatic carbocycles. The zero-order valence-electron chi connectivity index (χ0n) is 7.14. The summed E-state index contributed by atoms with van der Waals surface area (Å²) < 4.78 is 0. The van der Waals surface area contributed by atoms with Crippen molar-refractivity contribution in [2.24, 2.45) is 0 Å². The molecule has 0 nitrogen and oxygen atoms in total. The highest BCUT2D eigenvalue weighted by Crippen LogP contribution is 2.22. The van der Waals surface area contributed by atoms with E-state index in [2.05, 4.69) is 37.1 Å². The lowest BCUT2D eigenvalue weighted by atomic mass is 10.1. The van der Waals surface area contributed by atoms with Gasteiger partial charge in [-0.2, -0.15) is 0 Å². The van der Waals surface area contributed by atoms with E-state index in [4.69, 9.17) is 0 Å². The molecule has 0 saturated heterocycles. The molecule has 0 N–H and O–H groups in total. The van der Waals surface area contributed by atoms with Crippen molar-refractivity contribution in [3.8, 4) is 11.8 Å². The van der Waals surface area contributed by atoms with Crippen LogP contribution in [-0.2, 0) is 0 Å². The smallest absolute Gasteiger partial charge is 0.0355 e. The Labute approximate surface area is 72.3 Å². The van der Waals surface area contributed by atoms with Gasteiger partial charge in [-0.1, -0.05) is 19.8 Å². The topological polar surface area (TPSA) is 0 Å². The fourth-order valence-corrected chi connectivity index (χ4v) is 1.72. The van der Waals surface area contributed by atoms with Crippen LogP contribution in [0.5, 0.6) is 0 Å². The summed E-state index contributed by atoms with van der Waals surface area (Å²) in [5.41, 5.74) is 1.15. The van der Waals surface area contributed by atoms with Crippen LogP contribution >= 0.6 is 11.3 Å². The molecule has 1 aromatic rings. The number of hydrogen-bond donors (Lipinski definition) is 0. The number of rotatable bonds is 1. The Morgan fingerprint density at radius 1 is 1.45 bits per heavy atom. The molecule has 1 aromatic heterocycles. The first-order valence-corrected chi connectivity index (χ1v) is 4.63. The van der Waals surface area contributed by atoms with Crippen LogP contribution in [0.25, 0.3) is 0 Å². The van der Waals surface area contributed by atoms with Crippen LogP contribution in [0.4, 0.5) is 0 Å². The normalized spacial score (nSPS) is 9.45. The minimum Gasteiger partial charge on any atom is -0.147 e. The summed E-state index contributed by atoms with van der Waals surface area (Å²) in [6.07, 6.45) is 0.